The number of nitrogens with one attached hydrogen (secondary N) is 1. The Bertz CT molecular complexity index is 919. The summed E-state index contributed by atoms with van der Waals surface area (Å²) in [5.41, 5.74) is 7.64. The smallest absolute Gasteiger partial charge is 0.0382 e. The van der Waals surface area contributed by atoms with E-state index in [4.69, 9.17) is 0 Å². The molecule has 1 aliphatic rings. The first-order valence-corrected chi connectivity index (χ1v) is 9.18. The molecule has 1 nitrogen and oxygen atoms in total. The zero-order valence-corrected chi connectivity index (χ0v) is 15.0. The average Bonchev–Trinajstić information content (AvgIpc) is 2.70. The maximum atomic E-state index is 3.58. The number of anilines is 1. The minimum absolute atomic E-state index is 0.508. The minimum atomic E-state index is 0.508. The highest BCUT2D eigenvalue weighted by Gasteiger charge is 2.16. The van der Waals surface area contributed by atoms with E-state index in [1.54, 1.807) is 0 Å². The Morgan fingerprint density at radius 2 is 1.23 bits per heavy atom. The molecule has 3 aromatic carbocycles. The molecule has 0 radical (unpaired) electrons. The lowest BCUT2D eigenvalue weighted by molar-refractivity contribution is 0.730. The predicted octanol–water partition coefficient (Wildman–Crippen LogP) is 6.77. The standard InChI is InChI=1S/C25H23N/c1-19-18-24(16-17-25(19)22-10-6-3-7-11-22)26-23-14-12-21(13-15-23)20-8-4-2-5-9-20/h2-17,19,26H,18H2,1H3. The van der Waals surface area contributed by atoms with Gasteiger partial charge >= 0.3 is 0 Å². The molecule has 128 valence electrons. The van der Waals surface area contributed by atoms with Gasteiger partial charge in [-0.25, -0.2) is 0 Å². The molecule has 1 N–H and O–H groups in total. The lowest BCUT2D eigenvalue weighted by Crippen LogP contribution is -2.10. The number of benzene rings is 3. The number of hydrogen-bond donors (Lipinski definition) is 1. The van der Waals surface area contributed by atoms with Crippen molar-refractivity contribution in [3.8, 4) is 11.1 Å². The highest BCUT2D eigenvalue weighted by molar-refractivity contribution is 5.71. The summed E-state index contributed by atoms with van der Waals surface area (Å²) >= 11 is 0. The third kappa shape index (κ3) is 3.62. The van der Waals surface area contributed by atoms with E-state index >= 15 is 0 Å². The van der Waals surface area contributed by atoms with Gasteiger partial charge in [-0.3, -0.25) is 0 Å². The Morgan fingerprint density at radius 1 is 0.654 bits per heavy atom. The fourth-order valence-corrected chi connectivity index (χ4v) is 3.53. The van der Waals surface area contributed by atoms with Gasteiger partial charge in [0.15, 0.2) is 0 Å². The SMILES string of the molecule is CC1CC(Nc2ccc(-c3ccccc3)cc2)=CC=C1c1ccccc1. The van der Waals surface area contributed by atoms with E-state index in [0.717, 1.165) is 12.1 Å². The van der Waals surface area contributed by atoms with Gasteiger partial charge in [0.2, 0.25) is 0 Å². The molecule has 0 fully saturated rings. The van der Waals surface area contributed by atoms with Gasteiger partial charge in [0.25, 0.3) is 0 Å². The fraction of sp³-hybridized carbons (Fsp3) is 0.120. The Hall–Kier alpha value is -3.06. The normalized spacial score (nSPS) is 16.6. The molecule has 0 amide bonds. The van der Waals surface area contributed by atoms with Crippen LogP contribution in [-0.2, 0) is 0 Å². The van der Waals surface area contributed by atoms with Crippen LogP contribution in [0.3, 0.4) is 0 Å². The summed E-state index contributed by atoms with van der Waals surface area (Å²) in [5.74, 6) is 0.508. The first kappa shape index (κ1) is 16.4. The monoisotopic (exact) mass is 337 g/mol. The van der Waals surface area contributed by atoms with Crippen molar-refractivity contribution in [2.24, 2.45) is 5.92 Å². The van der Waals surface area contributed by atoms with Crippen molar-refractivity contribution >= 4 is 11.3 Å². The molecule has 1 aliphatic carbocycles. The van der Waals surface area contributed by atoms with Gasteiger partial charge in [-0.2, -0.15) is 0 Å². The molecule has 26 heavy (non-hydrogen) atoms. The molecule has 0 aliphatic heterocycles. The number of hydrogen-bond acceptors (Lipinski definition) is 1. The van der Waals surface area contributed by atoms with Crippen LogP contribution in [0.5, 0.6) is 0 Å². The van der Waals surface area contributed by atoms with Crippen LogP contribution in [0.1, 0.15) is 18.9 Å². The lowest BCUT2D eigenvalue weighted by Gasteiger charge is -2.23. The van der Waals surface area contributed by atoms with Crippen LogP contribution in [0.15, 0.2) is 103 Å². The quantitative estimate of drug-likeness (QED) is 0.554. The van der Waals surface area contributed by atoms with Gasteiger partial charge in [-0.1, -0.05) is 85.8 Å². The number of allylic oxidation sites excluding steroid dienone is 4. The van der Waals surface area contributed by atoms with Gasteiger partial charge < -0.3 is 5.32 Å². The van der Waals surface area contributed by atoms with Gasteiger partial charge in [-0.15, -0.1) is 0 Å². The average molecular weight is 337 g/mol. The highest BCUT2D eigenvalue weighted by Crippen LogP contribution is 2.32. The van der Waals surface area contributed by atoms with Crippen molar-refractivity contribution in [3.63, 3.8) is 0 Å². The zero-order chi connectivity index (χ0) is 17.8. The lowest BCUT2D eigenvalue weighted by atomic mass is 9.86. The van der Waals surface area contributed by atoms with Crippen LogP contribution in [0.25, 0.3) is 16.7 Å². The van der Waals surface area contributed by atoms with Crippen molar-refractivity contribution in [2.45, 2.75) is 13.3 Å². The second kappa shape index (κ2) is 7.45. The second-order valence-corrected chi connectivity index (χ2v) is 6.85. The molecule has 0 saturated heterocycles. The molecule has 1 unspecified atom stereocenters. The maximum absolute atomic E-state index is 3.58. The van der Waals surface area contributed by atoms with Crippen molar-refractivity contribution in [1.82, 2.24) is 0 Å². The summed E-state index contributed by atoms with van der Waals surface area (Å²) in [4.78, 5) is 0. The maximum Gasteiger partial charge on any atom is 0.0382 e. The van der Waals surface area contributed by atoms with Crippen LogP contribution in [0.4, 0.5) is 5.69 Å². The largest absolute Gasteiger partial charge is 0.359 e. The van der Waals surface area contributed by atoms with Crippen molar-refractivity contribution in [1.29, 1.82) is 0 Å². The zero-order valence-electron chi connectivity index (χ0n) is 15.0. The fourth-order valence-electron chi connectivity index (χ4n) is 3.53. The summed E-state index contributed by atoms with van der Waals surface area (Å²) < 4.78 is 0. The molecule has 4 rings (SSSR count). The van der Waals surface area contributed by atoms with E-state index in [0.29, 0.717) is 5.92 Å². The van der Waals surface area contributed by atoms with Crippen LogP contribution >= 0.6 is 0 Å². The van der Waals surface area contributed by atoms with Gasteiger partial charge in [0.1, 0.15) is 0 Å². The Balaban J connectivity index is 1.49. The molecular weight excluding hydrogens is 314 g/mol. The summed E-state index contributed by atoms with van der Waals surface area (Å²) in [5, 5.41) is 3.58. The highest BCUT2D eigenvalue weighted by atomic mass is 14.9. The first-order chi connectivity index (χ1) is 12.8. The minimum Gasteiger partial charge on any atom is -0.359 e. The van der Waals surface area contributed by atoms with Crippen LogP contribution < -0.4 is 5.32 Å². The molecule has 1 atom stereocenters. The molecule has 0 bridgehead atoms. The van der Waals surface area contributed by atoms with E-state index in [1.807, 2.05) is 6.07 Å². The van der Waals surface area contributed by atoms with Gasteiger partial charge in [-0.05, 0) is 52.8 Å². The van der Waals surface area contributed by atoms with Crippen LogP contribution in [0, 0.1) is 5.92 Å². The molecule has 0 saturated carbocycles. The third-order valence-electron chi connectivity index (χ3n) is 4.93. The summed E-state index contributed by atoms with van der Waals surface area (Å²) in [7, 11) is 0. The van der Waals surface area contributed by atoms with E-state index < -0.39 is 0 Å². The van der Waals surface area contributed by atoms with E-state index in [1.165, 1.54) is 28.0 Å². The topological polar surface area (TPSA) is 12.0 Å². The number of rotatable bonds is 4. The molecular formula is C25H23N. The van der Waals surface area contributed by atoms with Crippen molar-refractivity contribution in [2.75, 3.05) is 5.32 Å². The Labute approximate surface area is 155 Å². The van der Waals surface area contributed by atoms with E-state index in [2.05, 4.69) is 103 Å². The van der Waals surface area contributed by atoms with Crippen LogP contribution in [-0.4, -0.2) is 0 Å². The summed E-state index contributed by atoms with van der Waals surface area (Å²) in [6.45, 7) is 2.30. The molecule has 0 aromatic heterocycles. The van der Waals surface area contributed by atoms with E-state index in [9.17, 15) is 0 Å². The van der Waals surface area contributed by atoms with Gasteiger partial charge in [0, 0.05) is 11.4 Å². The van der Waals surface area contributed by atoms with Crippen LogP contribution in [0.2, 0.25) is 0 Å². The van der Waals surface area contributed by atoms with Gasteiger partial charge in [0.05, 0.1) is 0 Å². The van der Waals surface area contributed by atoms with E-state index in [-0.39, 0.29) is 0 Å². The molecule has 3 aromatic rings. The Morgan fingerprint density at radius 3 is 1.85 bits per heavy atom. The predicted molar refractivity (Wildman–Crippen MR) is 112 cm³/mol. The molecule has 1 heteroatoms. The Kier molecular flexibility index (Phi) is 4.70. The summed E-state index contributed by atoms with van der Waals surface area (Å²) in [6, 6.07) is 29.8. The molecule has 0 heterocycles. The van der Waals surface area contributed by atoms with Crippen molar-refractivity contribution < 1.29 is 0 Å². The second-order valence-electron chi connectivity index (χ2n) is 6.85. The summed E-state index contributed by atoms with van der Waals surface area (Å²) in [6.07, 6.45) is 5.50. The van der Waals surface area contributed by atoms with Crippen molar-refractivity contribution in [3.05, 3.63) is 108 Å². The molecule has 0 spiro atoms. The first-order valence-electron chi connectivity index (χ1n) is 9.18. The third-order valence-corrected chi connectivity index (χ3v) is 4.93.